The maximum atomic E-state index is 12.9. The van der Waals surface area contributed by atoms with E-state index >= 15 is 0 Å². The van der Waals surface area contributed by atoms with E-state index in [2.05, 4.69) is 14.9 Å². The zero-order valence-corrected chi connectivity index (χ0v) is 17.1. The van der Waals surface area contributed by atoms with Crippen LogP contribution in [0, 0.1) is 13.8 Å². The number of rotatable bonds is 7. The highest BCUT2D eigenvalue weighted by molar-refractivity contribution is 7.92. The molecular formula is C20H23N3O4S. The molecule has 0 saturated heterocycles. The molecule has 0 unspecified atom stereocenters. The summed E-state index contributed by atoms with van der Waals surface area (Å²) < 4.78 is 39.1. The monoisotopic (exact) mass is 401 g/mol. The molecule has 7 nitrogen and oxygen atoms in total. The molecule has 0 spiro atoms. The molecule has 3 rings (SSSR count). The number of anilines is 1. The van der Waals surface area contributed by atoms with Crippen LogP contribution in [0.5, 0.6) is 5.75 Å². The third-order valence-corrected chi connectivity index (χ3v) is 5.51. The number of benzene rings is 2. The Morgan fingerprint density at radius 1 is 1.11 bits per heavy atom. The minimum atomic E-state index is -3.80. The van der Waals surface area contributed by atoms with Crippen molar-refractivity contribution in [1.82, 2.24) is 10.1 Å². The Hall–Kier alpha value is -2.87. The number of sulfonamides is 1. The van der Waals surface area contributed by atoms with Gasteiger partial charge in [-0.05, 0) is 61.7 Å². The first kappa shape index (κ1) is 19.9. The molecule has 1 heterocycles. The molecule has 8 heteroatoms. The van der Waals surface area contributed by atoms with Gasteiger partial charge in [0.2, 0.25) is 0 Å². The van der Waals surface area contributed by atoms with E-state index in [1.54, 1.807) is 18.2 Å². The Balaban J connectivity index is 1.99. The molecule has 0 radical (unpaired) electrons. The lowest BCUT2D eigenvalue weighted by Crippen LogP contribution is -2.13. The Morgan fingerprint density at radius 2 is 1.82 bits per heavy atom. The van der Waals surface area contributed by atoms with Gasteiger partial charge in [-0.1, -0.05) is 18.1 Å². The Labute approximate surface area is 164 Å². The Bertz CT molecular complexity index is 1070. The van der Waals surface area contributed by atoms with Crippen molar-refractivity contribution in [3.05, 3.63) is 53.3 Å². The fourth-order valence-corrected chi connectivity index (χ4v) is 4.02. The standard InChI is InChI=1S/C20H23N3O4S/c1-5-6-19-21-20(27-22-19)17-12-16(7-8-18(17)26-4)28(24,25)23-15-10-13(2)9-14(3)11-15/h7-12,23H,5-6H2,1-4H3. The van der Waals surface area contributed by atoms with Crippen LogP contribution in [0.15, 0.2) is 45.8 Å². The summed E-state index contributed by atoms with van der Waals surface area (Å²) in [4.78, 5) is 4.42. The van der Waals surface area contributed by atoms with Crippen molar-refractivity contribution in [3.8, 4) is 17.2 Å². The molecule has 0 aliphatic rings. The van der Waals surface area contributed by atoms with E-state index in [-0.39, 0.29) is 10.8 Å². The van der Waals surface area contributed by atoms with Crippen LogP contribution in [0.25, 0.3) is 11.5 Å². The summed E-state index contributed by atoms with van der Waals surface area (Å²) in [7, 11) is -2.30. The average molecular weight is 401 g/mol. The molecule has 0 atom stereocenters. The fraction of sp³-hybridized carbons (Fsp3) is 0.300. The number of aromatic nitrogens is 2. The maximum absolute atomic E-state index is 12.9. The van der Waals surface area contributed by atoms with Gasteiger partial charge < -0.3 is 9.26 Å². The molecule has 3 aromatic rings. The molecule has 1 aromatic heterocycles. The minimum Gasteiger partial charge on any atom is -0.496 e. The average Bonchev–Trinajstić information content (AvgIpc) is 3.08. The zero-order chi connectivity index (χ0) is 20.3. The smallest absolute Gasteiger partial charge is 0.261 e. The van der Waals surface area contributed by atoms with Crippen molar-refractivity contribution in [3.63, 3.8) is 0 Å². The molecule has 0 aliphatic heterocycles. The Morgan fingerprint density at radius 3 is 2.46 bits per heavy atom. The molecule has 0 aliphatic carbocycles. The lowest BCUT2D eigenvalue weighted by molar-refractivity contribution is 0.402. The van der Waals surface area contributed by atoms with Gasteiger partial charge >= 0.3 is 0 Å². The van der Waals surface area contributed by atoms with Gasteiger partial charge in [0.05, 0.1) is 17.6 Å². The normalized spacial score (nSPS) is 11.4. The number of methoxy groups -OCH3 is 1. The second kappa shape index (κ2) is 8.02. The van der Waals surface area contributed by atoms with Crippen molar-refractivity contribution in [2.24, 2.45) is 0 Å². The highest BCUT2D eigenvalue weighted by Crippen LogP contribution is 2.32. The largest absolute Gasteiger partial charge is 0.496 e. The number of hydrogen-bond donors (Lipinski definition) is 1. The van der Waals surface area contributed by atoms with Crippen molar-refractivity contribution < 1.29 is 17.7 Å². The predicted molar refractivity (Wildman–Crippen MR) is 107 cm³/mol. The minimum absolute atomic E-state index is 0.0812. The Kier molecular flexibility index (Phi) is 5.69. The lowest BCUT2D eigenvalue weighted by atomic mass is 10.1. The summed E-state index contributed by atoms with van der Waals surface area (Å²) in [5, 5.41) is 3.93. The molecule has 148 valence electrons. The van der Waals surface area contributed by atoms with Crippen LogP contribution in [0.2, 0.25) is 0 Å². The van der Waals surface area contributed by atoms with Crippen molar-refractivity contribution in [2.45, 2.75) is 38.5 Å². The van der Waals surface area contributed by atoms with Crippen LogP contribution in [-0.4, -0.2) is 25.7 Å². The molecule has 1 N–H and O–H groups in total. The van der Waals surface area contributed by atoms with E-state index < -0.39 is 10.0 Å². The first-order valence-electron chi connectivity index (χ1n) is 8.94. The maximum Gasteiger partial charge on any atom is 0.261 e. The summed E-state index contributed by atoms with van der Waals surface area (Å²) in [5.41, 5.74) is 2.89. The van der Waals surface area contributed by atoms with Crippen LogP contribution in [0.1, 0.15) is 30.3 Å². The lowest BCUT2D eigenvalue weighted by Gasteiger charge is -2.12. The van der Waals surface area contributed by atoms with Crippen LogP contribution < -0.4 is 9.46 Å². The van der Waals surface area contributed by atoms with Crippen LogP contribution in [0.4, 0.5) is 5.69 Å². The van der Waals surface area contributed by atoms with Gasteiger partial charge in [0.1, 0.15) is 5.75 Å². The number of hydrogen-bond acceptors (Lipinski definition) is 6. The summed E-state index contributed by atoms with van der Waals surface area (Å²) in [6.07, 6.45) is 1.56. The summed E-state index contributed by atoms with van der Waals surface area (Å²) >= 11 is 0. The second-order valence-electron chi connectivity index (χ2n) is 6.61. The third-order valence-electron chi connectivity index (χ3n) is 4.13. The molecule has 0 bridgehead atoms. The predicted octanol–water partition coefficient (Wildman–Crippen LogP) is 4.12. The fourth-order valence-electron chi connectivity index (χ4n) is 2.96. The highest BCUT2D eigenvalue weighted by atomic mass is 32.2. The van der Waals surface area contributed by atoms with Crippen molar-refractivity contribution in [2.75, 3.05) is 11.8 Å². The van der Waals surface area contributed by atoms with Crippen LogP contribution >= 0.6 is 0 Å². The summed E-state index contributed by atoms with van der Waals surface area (Å²) in [6, 6.07) is 10.1. The van der Waals surface area contributed by atoms with Crippen LogP contribution in [-0.2, 0) is 16.4 Å². The number of nitrogens with zero attached hydrogens (tertiary/aromatic N) is 2. The van der Waals surface area contributed by atoms with Crippen molar-refractivity contribution >= 4 is 15.7 Å². The topological polar surface area (TPSA) is 94.3 Å². The van der Waals surface area contributed by atoms with E-state index in [0.717, 1.165) is 17.5 Å². The molecule has 28 heavy (non-hydrogen) atoms. The van der Waals surface area contributed by atoms with E-state index in [0.29, 0.717) is 29.2 Å². The quantitative estimate of drug-likeness (QED) is 0.640. The van der Waals surface area contributed by atoms with Crippen LogP contribution in [0.3, 0.4) is 0 Å². The highest BCUT2D eigenvalue weighted by Gasteiger charge is 2.20. The SMILES string of the molecule is CCCc1noc(-c2cc(S(=O)(=O)Nc3cc(C)cc(C)c3)ccc2OC)n1. The van der Waals surface area contributed by atoms with Gasteiger partial charge in [-0.3, -0.25) is 4.72 Å². The second-order valence-corrected chi connectivity index (χ2v) is 8.29. The molecule has 2 aromatic carbocycles. The number of aryl methyl sites for hydroxylation is 3. The number of nitrogens with one attached hydrogen (secondary N) is 1. The van der Waals surface area contributed by atoms with Crippen molar-refractivity contribution in [1.29, 1.82) is 0 Å². The zero-order valence-electron chi connectivity index (χ0n) is 16.3. The third kappa shape index (κ3) is 4.33. The molecular weight excluding hydrogens is 378 g/mol. The van der Waals surface area contributed by atoms with Gasteiger partial charge in [-0.2, -0.15) is 4.98 Å². The van der Waals surface area contributed by atoms with Gasteiger partial charge in [-0.15, -0.1) is 0 Å². The number of ether oxygens (including phenoxy) is 1. The van der Waals surface area contributed by atoms with Gasteiger partial charge in [0.25, 0.3) is 15.9 Å². The summed E-state index contributed by atoms with van der Waals surface area (Å²) in [5.74, 6) is 1.25. The first-order valence-corrected chi connectivity index (χ1v) is 10.4. The van der Waals surface area contributed by atoms with E-state index in [1.165, 1.54) is 19.2 Å². The van der Waals surface area contributed by atoms with Gasteiger partial charge in [0, 0.05) is 12.1 Å². The molecule has 0 fully saturated rings. The van der Waals surface area contributed by atoms with E-state index in [1.807, 2.05) is 26.8 Å². The van der Waals surface area contributed by atoms with Gasteiger partial charge in [-0.25, -0.2) is 8.42 Å². The van der Waals surface area contributed by atoms with Gasteiger partial charge in [0.15, 0.2) is 5.82 Å². The van der Waals surface area contributed by atoms with E-state index in [9.17, 15) is 8.42 Å². The van der Waals surface area contributed by atoms with E-state index in [4.69, 9.17) is 9.26 Å². The molecule has 0 saturated carbocycles. The summed E-state index contributed by atoms with van der Waals surface area (Å²) in [6.45, 7) is 5.85. The first-order chi connectivity index (χ1) is 13.3. The molecule has 0 amide bonds.